The van der Waals surface area contributed by atoms with Crippen LogP contribution in [0.15, 0.2) is 24.3 Å². The SMILES string of the molecule is COCCC(=O)N1CCN(C(=O)Nc2ccccc2F)CC1. The minimum Gasteiger partial charge on any atom is -0.384 e. The quantitative estimate of drug-likeness (QED) is 0.917. The number of carbonyl (C=O) groups excluding carboxylic acids is 2. The maximum atomic E-state index is 13.5. The molecule has 1 fully saturated rings. The highest BCUT2D eigenvalue weighted by Gasteiger charge is 2.24. The molecule has 3 amide bonds. The van der Waals surface area contributed by atoms with Gasteiger partial charge in [0.15, 0.2) is 0 Å². The van der Waals surface area contributed by atoms with Crippen molar-refractivity contribution in [3.63, 3.8) is 0 Å². The van der Waals surface area contributed by atoms with Crippen molar-refractivity contribution in [3.05, 3.63) is 30.1 Å². The molecule has 6 nitrogen and oxygen atoms in total. The number of hydrogen-bond acceptors (Lipinski definition) is 3. The number of urea groups is 1. The van der Waals surface area contributed by atoms with Gasteiger partial charge in [-0.3, -0.25) is 4.79 Å². The van der Waals surface area contributed by atoms with Crippen LogP contribution >= 0.6 is 0 Å². The molecule has 120 valence electrons. The highest BCUT2D eigenvalue weighted by molar-refractivity contribution is 5.89. The number of piperazine rings is 1. The van der Waals surface area contributed by atoms with Gasteiger partial charge in [-0.2, -0.15) is 0 Å². The van der Waals surface area contributed by atoms with Crippen molar-refractivity contribution in [3.8, 4) is 0 Å². The summed E-state index contributed by atoms with van der Waals surface area (Å²) in [5.41, 5.74) is 0.158. The zero-order valence-corrected chi connectivity index (χ0v) is 12.5. The molecule has 1 aromatic rings. The summed E-state index contributed by atoms with van der Waals surface area (Å²) in [6.45, 7) is 2.21. The Labute approximate surface area is 128 Å². The molecule has 1 N–H and O–H groups in total. The number of hydrogen-bond donors (Lipinski definition) is 1. The van der Waals surface area contributed by atoms with Crippen LogP contribution in [0.2, 0.25) is 0 Å². The van der Waals surface area contributed by atoms with Gasteiger partial charge in [-0.1, -0.05) is 12.1 Å². The second-order valence-corrected chi connectivity index (χ2v) is 5.02. The van der Waals surface area contributed by atoms with Gasteiger partial charge >= 0.3 is 6.03 Å². The maximum absolute atomic E-state index is 13.5. The normalized spacial score (nSPS) is 14.8. The number of rotatable bonds is 4. The fourth-order valence-electron chi connectivity index (χ4n) is 2.26. The van der Waals surface area contributed by atoms with Gasteiger partial charge in [0.25, 0.3) is 0 Å². The number of ether oxygens (including phenoxy) is 1. The Morgan fingerprint density at radius 1 is 1.18 bits per heavy atom. The molecule has 0 bridgehead atoms. The van der Waals surface area contributed by atoms with E-state index >= 15 is 0 Å². The molecular weight excluding hydrogens is 289 g/mol. The van der Waals surface area contributed by atoms with Crippen molar-refractivity contribution in [2.24, 2.45) is 0 Å². The van der Waals surface area contributed by atoms with E-state index in [1.807, 2.05) is 0 Å². The van der Waals surface area contributed by atoms with Gasteiger partial charge in [0.05, 0.1) is 18.7 Å². The van der Waals surface area contributed by atoms with Crippen molar-refractivity contribution in [2.45, 2.75) is 6.42 Å². The average Bonchev–Trinajstić information content (AvgIpc) is 2.55. The fourth-order valence-corrected chi connectivity index (χ4v) is 2.26. The molecule has 0 atom stereocenters. The minimum atomic E-state index is -0.468. The highest BCUT2D eigenvalue weighted by Crippen LogP contribution is 2.14. The largest absolute Gasteiger partial charge is 0.384 e. The van der Waals surface area contributed by atoms with Crippen molar-refractivity contribution in [1.29, 1.82) is 0 Å². The second-order valence-electron chi connectivity index (χ2n) is 5.02. The smallest absolute Gasteiger partial charge is 0.322 e. The molecule has 0 spiro atoms. The van der Waals surface area contributed by atoms with Crippen LogP contribution in [0.3, 0.4) is 0 Å². The summed E-state index contributed by atoms with van der Waals surface area (Å²) in [6, 6.07) is 5.68. The van der Waals surface area contributed by atoms with Crippen LogP contribution in [-0.4, -0.2) is 61.6 Å². The average molecular weight is 309 g/mol. The van der Waals surface area contributed by atoms with E-state index in [1.54, 1.807) is 29.0 Å². The first-order valence-corrected chi connectivity index (χ1v) is 7.19. The molecule has 7 heteroatoms. The van der Waals surface area contributed by atoms with Crippen molar-refractivity contribution < 1.29 is 18.7 Å². The Morgan fingerprint density at radius 3 is 2.45 bits per heavy atom. The molecule has 0 radical (unpaired) electrons. The predicted octanol–water partition coefficient (Wildman–Crippen LogP) is 1.54. The lowest BCUT2D eigenvalue weighted by Gasteiger charge is -2.34. The topological polar surface area (TPSA) is 61.9 Å². The molecule has 0 aliphatic carbocycles. The van der Waals surface area contributed by atoms with E-state index in [4.69, 9.17) is 4.74 Å². The Kier molecular flexibility index (Phi) is 5.71. The van der Waals surface area contributed by atoms with Crippen molar-refractivity contribution in [2.75, 3.05) is 45.2 Å². The summed E-state index contributed by atoms with van der Waals surface area (Å²) in [6.07, 6.45) is 0.345. The third-order valence-corrected chi connectivity index (χ3v) is 3.56. The van der Waals surface area contributed by atoms with Crippen LogP contribution in [0.1, 0.15) is 6.42 Å². The van der Waals surface area contributed by atoms with Gasteiger partial charge in [-0.25, -0.2) is 9.18 Å². The van der Waals surface area contributed by atoms with E-state index < -0.39 is 5.82 Å². The number of nitrogens with one attached hydrogen (secondary N) is 1. The van der Waals surface area contributed by atoms with E-state index in [9.17, 15) is 14.0 Å². The minimum absolute atomic E-state index is 0.0241. The molecule has 1 saturated heterocycles. The van der Waals surface area contributed by atoms with Gasteiger partial charge in [0.2, 0.25) is 5.91 Å². The van der Waals surface area contributed by atoms with Crippen molar-refractivity contribution in [1.82, 2.24) is 9.80 Å². The zero-order chi connectivity index (χ0) is 15.9. The van der Waals surface area contributed by atoms with E-state index in [0.29, 0.717) is 39.2 Å². The van der Waals surface area contributed by atoms with Crippen molar-refractivity contribution >= 4 is 17.6 Å². The first kappa shape index (κ1) is 16.2. The molecule has 1 heterocycles. The first-order chi connectivity index (χ1) is 10.6. The van der Waals surface area contributed by atoms with Gasteiger partial charge in [0, 0.05) is 33.3 Å². The molecule has 0 saturated carbocycles. The molecule has 22 heavy (non-hydrogen) atoms. The summed E-state index contributed by atoms with van der Waals surface area (Å²) < 4.78 is 18.4. The van der Waals surface area contributed by atoms with E-state index in [2.05, 4.69) is 5.32 Å². The molecular formula is C15H20FN3O3. The van der Waals surface area contributed by atoms with Crippen LogP contribution in [0.25, 0.3) is 0 Å². The molecule has 1 aromatic carbocycles. The van der Waals surface area contributed by atoms with Gasteiger partial charge in [-0.05, 0) is 12.1 Å². The zero-order valence-electron chi connectivity index (χ0n) is 12.5. The van der Waals surface area contributed by atoms with Crippen LogP contribution < -0.4 is 5.32 Å². The van der Waals surface area contributed by atoms with Crippen LogP contribution in [0.4, 0.5) is 14.9 Å². The number of halogens is 1. The summed E-state index contributed by atoms with van der Waals surface area (Å²) in [4.78, 5) is 27.2. The van der Waals surface area contributed by atoms with Gasteiger partial charge < -0.3 is 19.9 Å². The highest BCUT2D eigenvalue weighted by atomic mass is 19.1. The number of methoxy groups -OCH3 is 1. The number of anilines is 1. The van der Waals surface area contributed by atoms with Crippen LogP contribution in [-0.2, 0) is 9.53 Å². The Hall–Kier alpha value is -2.15. The van der Waals surface area contributed by atoms with E-state index in [1.165, 1.54) is 12.1 Å². The number of carbonyl (C=O) groups is 2. The standard InChI is InChI=1S/C15H20FN3O3/c1-22-11-6-14(20)18-7-9-19(10-8-18)15(21)17-13-5-3-2-4-12(13)16/h2-5H,6-11H2,1H3,(H,17,21). The summed E-state index contributed by atoms with van der Waals surface area (Å²) >= 11 is 0. The molecule has 0 aromatic heterocycles. The van der Waals surface area contributed by atoms with Crippen LogP contribution in [0.5, 0.6) is 0 Å². The first-order valence-electron chi connectivity index (χ1n) is 7.19. The molecule has 0 unspecified atom stereocenters. The van der Waals surface area contributed by atoms with E-state index in [-0.39, 0.29) is 17.6 Å². The van der Waals surface area contributed by atoms with Crippen LogP contribution in [0, 0.1) is 5.82 Å². The second kappa shape index (κ2) is 7.74. The summed E-state index contributed by atoms with van der Waals surface area (Å²) in [7, 11) is 1.55. The predicted molar refractivity (Wildman–Crippen MR) is 80.1 cm³/mol. The molecule has 1 aliphatic heterocycles. The number of nitrogens with zero attached hydrogens (tertiary/aromatic N) is 2. The Morgan fingerprint density at radius 2 is 1.82 bits per heavy atom. The summed E-state index contributed by atoms with van der Waals surface area (Å²) in [5.74, 6) is -0.444. The van der Waals surface area contributed by atoms with E-state index in [0.717, 1.165) is 0 Å². The Bertz CT molecular complexity index is 531. The fraction of sp³-hybridized carbons (Fsp3) is 0.467. The third-order valence-electron chi connectivity index (χ3n) is 3.56. The number of benzene rings is 1. The van der Waals surface area contributed by atoms with Gasteiger partial charge in [-0.15, -0.1) is 0 Å². The number of para-hydroxylation sites is 1. The van der Waals surface area contributed by atoms with Gasteiger partial charge in [0.1, 0.15) is 5.82 Å². The third kappa shape index (κ3) is 4.17. The Balaban J connectivity index is 1.82. The molecule has 2 rings (SSSR count). The molecule has 1 aliphatic rings. The lowest BCUT2D eigenvalue weighted by atomic mass is 10.3. The lowest BCUT2D eigenvalue weighted by molar-refractivity contribution is -0.133. The lowest BCUT2D eigenvalue weighted by Crippen LogP contribution is -2.51. The maximum Gasteiger partial charge on any atom is 0.322 e. The summed E-state index contributed by atoms with van der Waals surface area (Å²) in [5, 5.41) is 2.55. The number of amides is 3. The monoisotopic (exact) mass is 309 g/mol.